The number of hydrogen-bond acceptors (Lipinski definition) is 7. The molecule has 0 radical (unpaired) electrons. The Morgan fingerprint density at radius 1 is 1.32 bits per heavy atom. The number of anilines is 1. The highest BCUT2D eigenvalue weighted by atomic mass is 32.2. The number of carbonyl (C=O) groups excluding carboxylic acids is 1. The smallest absolute Gasteiger partial charge is 0.248 e. The first-order valence-corrected chi connectivity index (χ1v) is 12.2. The highest BCUT2D eigenvalue weighted by molar-refractivity contribution is 7.89. The van der Waals surface area contributed by atoms with Gasteiger partial charge in [-0.2, -0.15) is 4.31 Å². The summed E-state index contributed by atoms with van der Waals surface area (Å²) in [6.45, 7) is 2.06. The van der Waals surface area contributed by atoms with Crippen molar-refractivity contribution in [2.75, 3.05) is 18.4 Å². The summed E-state index contributed by atoms with van der Waals surface area (Å²) >= 11 is 1.54. The number of carbonyl (C=O) groups is 1. The standard InChI is InChI=1S/C21H22N4O4S2/c1-15-20(19(29-24-15)9-8-18-7-4-12-30-18)31(27,28)25-11-3-5-16(14-25)21(26)23-17-6-2-10-22-13-17/h2,4,6-10,12-13,16H,3,5,11,14H2,1H3,(H,23,26)/b9-8+. The molecule has 10 heteroatoms. The number of piperidine rings is 1. The number of aryl methyl sites for hydroxylation is 1. The van der Waals surface area contributed by atoms with Gasteiger partial charge in [-0.05, 0) is 55.5 Å². The van der Waals surface area contributed by atoms with Gasteiger partial charge in [0.15, 0.2) is 10.7 Å². The van der Waals surface area contributed by atoms with E-state index in [1.54, 1.807) is 43.6 Å². The average molecular weight is 459 g/mol. The molecule has 162 valence electrons. The summed E-state index contributed by atoms with van der Waals surface area (Å²) in [6, 6.07) is 7.31. The van der Waals surface area contributed by atoms with Crippen molar-refractivity contribution in [3.8, 4) is 0 Å². The van der Waals surface area contributed by atoms with Gasteiger partial charge in [0.05, 0.1) is 17.8 Å². The third-order valence-electron chi connectivity index (χ3n) is 5.06. The molecule has 1 atom stereocenters. The van der Waals surface area contributed by atoms with Crippen LogP contribution in [0.5, 0.6) is 0 Å². The zero-order valence-electron chi connectivity index (χ0n) is 16.9. The molecule has 3 aromatic heterocycles. The van der Waals surface area contributed by atoms with Gasteiger partial charge in [0, 0.05) is 24.2 Å². The fourth-order valence-electron chi connectivity index (χ4n) is 3.53. The van der Waals surface area contributed by atoms with Crippen molar-refractivity contribution in [1.82, 2.24) is 14.4 Å². The van der Waals surface area contributed by atoms with Crippen LogP contribution < -0.4 is 5.32 Å². The summed E-state index contributed by atoms with van der Waals surface area (Å²) in [5.74, 6) is -0.477. The van der Waals surface area contributed by atoms with Crippen LogP contribution in [0.2, 0.25) is 0 Å². The molecule has 4 heterocycles. The summed E-state index contributed by atoms with van der Waals surface area (Å²) in [7, 11) is -3.87. The molecular formula is C21H22N4O4S2. The first-order valence-electron chi connectivity index (χ1n) is 9.84. The lowest BCUT2D eigenvalue weighted by molar-refractivity contribution is -0.120. The number of amides is 1. The summed E-state index contributed by atoms with van der Waals surface area (Å²) in [5, 5.41) is 8.62. The number of hydrogen-bond donors (Lipinski definition) is 1. The quantitative estimate of drug-likeness (QED) is 0.604. The molecule has 0 spiro atoms. The van der Waals surface area contributed by atoms with Gasteiger partial charge in [0.2, 0.25) is 15.9 Å². The third kappa shape index (κ3) is 4.76. The second kappa shape index (κ2) is 9.13. The Bertz CT molecular complexity index is 1170. The van der Waals surface area contributed by atoms with E-state index in [1.165, 1.54) is 15.6 Å². The number of rotatable bonds is 6. The molecule has 0 bridgehead atoms. The molecule has 1 aliphatic rings. The fraction of sp³-hybridized carbons (Fsp3) is 0.286. The molecule has 0 aromatic carbocycles. The summed E-state index contributed by atoms with van der Waals surface area (Å²) < 4.78 is 33.5. The van der Waals surface area contributed by atoms with Gasteiger partial charge in [-0.15, -0.1) is 11.3 Å². The van der Waals surface area contributed by atoms with E-state index in [2.05, 4.69) is 15.5 Å². The van der Waals surface area contributed by atoms with Crippen LogP contribution >= 0.6 is 11.3 Å². The monoisotopic (exact) mass is 458 g/mol. The molecule has 1 N–H and O–H groups in total. The van der Waals surface area contributed by atoms with Crippen molar-refractivity contribution in [2.24, 2.45) is 5.92 Å². The van der Waals surface area contributed by atoms with E-state index in [0.29, 0.717) is 30.8 Å². The van der Waals surface area contributed by atoms with Gasteiger partial charge in [-0.3, -0.25) is 9.78 Å². The predicted molar refractivity (Wildman–Crippen MR) is 119 cm³/mol. The molecule has 1 amide bonds. The second-order valence-electron chi connectivity index (χ2n) is 7.24. The first kappa shape index (κ1) is 21.4. The molecule has 1 unspecified atom stereocenters. The van der Waals surface area contributed by atoms with Crippen LogP contribution in [0.25, 0.3) is 12.2 Å². The maximum atomic E-state index is 13.4. The zero-order chi connectivity index (χ0) is 21.8. The first-order chi connectivity index (χ1) is 14.9. The van der Waals surface area contributed by atoms with Gasteiger partial charge in [-0.25, -0.2) is 8.42 Å². The van der Waals surface area contributed by atoms with E-state index < -0.39 is 15.9 Å². The van der Waals surface area contributed by atoms with Crippen molar-refractivity contribution in [1.29, 1.82) is 0 Å². The molecule has 1 aliphatic heterocycles. The van der Waals surface area contributed by atoms with Crippen LogP contribution in [0.15, 0.2) is 51.5 Å². The molecule has 31 heavy (non-hydrogen) atoms. The highest BCUT2D eigenvalue weighted by Gasteiger charge is 2.36. The Labute approximate surface area is 184 Å². The molecule has 8 nitrogen and oxygen atoms in total. The summed E-state index contributed by atoms with van der Waals surface area (Å²) in [5.41, 5.74) is 0.885. The molecular weight excluding hydrogens is 436 g/mol. The van der Waals surface area contributed by atoms with Crippen molar-refractivity contribution >= 4 is 45.1 Å². The highest BCUT2D eigenvalue weighted by Crippen LogP contribution is 2.30. The average Bonchev–Trinajstić information content (AvgIpc) is 3.42. The zero-order valence-corrected chi connectivity index (χ0v) is 18.5. The van der Waals surface area contributed by atoms with Crippen LogP contribution in [0.3, 0.4) is 0 Å². The third-order valence-corrected chi connectivity index (χ3v) is 7.92. The minimum atomic E-state index is -3.87. The molecule has 1 fully saturated rings. The lowest BCUT2D eigenvalue weighted by Gasteiger charge is -2.31. The summed E-state index contributed by atoms with van der Waals surface area (Å²) in [6.07, 6.45) is 7.80. The van der Waals surface area contributed by atoms with Gasteiger partial charge < -0.3 is 9.84 Å². The number of nitrogens with one attached hydrogen (secondary N) is 1. The van der Waals surface area contributed by atoms with Crippen LogP contribution in [0.1, 0.15) is 29.2 Å². The number of sulfonamides is 1. The second-order valence-corrected chi connectivity index (χ2v) is 10.1. The molecule has 3 aromatic rings. The number of nitrogens with zero attached hydrogens (tertiary/aromatic N) is 3. The Kier molecular flexibility index (Phi) is 6.30. The van der Waals surface area contributed by atoms with E-state index >= 15 is 0 Å². The minimum absolute atomic E-state index is 0.0497. The Morgan fingerprint density at radius 2 is 2.19 bits per heavy atom. The van der Waals surface area contributed by atoms with Gasteiger partial charge in [0.1, 0.15) is 5.69 Å². The van der Waals surface area contributed by atoms with Gasteiger partial charge in [-0.1, -0.05) is 11.2 Å². The van der Waals surface area contributed by atoms with Crippen molar-refractivity contribution < 1.29 is 17.7 Å². The van der Waals surface area contributed by atoms with Crippen LogP contribution in [0.4, 0.5) is 5.69 Å². The van der Waals surface area contributed by atoms with Crippen molar-refractivity contribution in [2.45, 2.75) is 24.7 Å². The van der Waals surface area contributed by atoms with Crippen LogP contribution in [-0.4, -0.2) is 41.9 Å². The Morgan fingerprint density at radius 3 is 2.94 bits per heavy atom. The SMILES string of the molecule is Cc1noc(/C=C/c2cccs2)c1S(=O)(=O)N1CCCC(C(=O)Nc2cccnc2)C1. The summed E-state index contributed by atoms with van der Waals surface area (Å²) in [4.78, 5) is 17.7. The minimum Gasteiger partial charge on any atom is -0.355 e. The van der Waals surface area contributed by atoms with Gasteiger partial charge >= 0.3 is 0 Å². The number of aromatic nitrogens is 2. The van der Waals surface area contributed by atoms with Gasteiger partial charge in [0.25, 0.3) is 0 Å². The predicted octanol–water partition coefficient (Wildman–Crippen LogP) is 3.65. The van der Waals surface area contributed by atoms with E-state index in [-0.39, 0.29) is 23.1 Å². The van der Waals surface area contributed by atoms with Crippen molar-refractivity contribution in [3.63, 3.8) is 0 Å². The Hall–Kier alpha value is -2.82. The largest absolute Gasteiger partial charge is 0.355 e. The van der Waals surface area contributed by atoms with E-state index in [9.17, 15) is 13.2 Å². The maximum Gasteiger partial charge on any atom is 0.248 e. The lowest BCUT2D eigenvalue weighted by Crippen LogP contribution is -2.43. The maximum absolute atomic E-state index is 13.4. The molecule has 0 saturated carbocycles. The molecule has 4 rings (SSSR count). The number of thiophene rings is 1. The topological polar surface area (TPSA) is 105 Å². The molecule has 0 aliphatic carbocycles. The van der Waals surface area contributed by atoms with Crippen LogP contribution in [0, 0.1) is 12.8 Å². The van der Waals surface area contributed by atoms with E-state index in [4.69, 9.17) is 4.52 Å². The normalized spacial score (nSPS) is 17.8. The number of pyridine rings is 1. The Balaban J connectivity index is 1.53. The van der Waals surface area contributed by atoms with E-state index in [0.717, 1.165) is 4.88 Å². The fourth-order valence-corrected chi connectivity index (χ4v) is 5.92. The van der Waals surface area contributed by atoms with Crippen LogP contribution in [-0.2, 0) is 14.8 Å². The van der Waals surface area contributed by atoms with E-state index in [1.807, 2.05) is 17.5 Å². The lowest BCUT2D eigenvalue weighted by atomic mass is 9.99. The molecule has 1 saturated heterocycles. The van der Waals surface area contributed by atoms with Crippen molar-refractivity contribution in [3.05, 3.63) is 58.4 Å².